The van der Waals surface area contributed by atoms with Crippen molar-refractivity contribution in [3.05, 3.63) is 36.0 Å². The summed E-state index contributed by atoms with van der Waals surface area (Å²) < 4.78 is 11.0. The summed E-state index contributed by atoms with van der Waals surface area (Å²) in [6.45, 7) is 1.11. The third-order valence-corrected chi connectivity index (χ3v) is 3.62. The van der Waals surface area contributed by atoms with Crippen LogP contribution in [0.4, 0.5) is 11.5 Å². The molecule has 0 radical (unpaired) electrons. The minimum absolute atomic E-state index is 0.175. The summed E-state index contributed by atoms with van der Waals surface area (Å²) in [5.74, 6) is 1.82. The van der Waals surface area contributed by atoms with Crippen LogP contribution in [0.5, 0.6) is 11.5 Å². The van der Waals surface area contributed by atoms with Crippen molar-refractivity contribution >= 4 is 17.4 Å². The standard InChI is InChI=1S/C16H16N4O3/c21-16(18-10-1-2-10)12-4-6-15(20-19-12)17-11-3-5-13-14(9-11)23-8-7-22-13/h3-6,9-10H,1-2,7-8H2,(H,17,20)(H,18,21). The van der Waals surface area contributed by atoms with Crippen LogP contribution in [0.15, 0.2) is 30.3 Å². The molecule has 7 heteroatoms. The summed E-state index contributed by atoms with van der Waals surface area (Å²) in [5.41, 5.74) is 1.14. The van der Waals surface area contributed by atoms with E-state index in [4.69, 9.17) is 9.47 Å². The monoisotopic (exact) mass is 312 g/mol. The number of carbonyl (C=O) groups is 1. The summed E-state index contributed by atoms with van der Waals surface area (Å²) in [4.78, 5) is 11.9. The first-order chi connectivity index (χ1) is 11.3. The molecule has 0 saturated heterocycles. The highest BCUT2D eigenvalue weighted by molar-refractivity contribution is 5.92. The highest BCUT2D eigenvalue weighted by Crippen LogP contribution is 2.33. The van der Waals surface area contributed by atoms with Gasteiger partial charge in [-0.25, -0.2) is 0 Å². The van der Waals surface area contributed by atoms with E-state index in [2.05, 4.69) is 20.8 Å². The summed E-state index contributed by atoms with van der Waals surface area (Å²) >= 11 is 0. The fraction of sp³-hybridized carbons (Fsp3) is 0.312. The molecule has 2 aliphatic rings. The third kappa shape index (κ3) is 3.18. The molecule has 0 spiro atoms. The Balaban J connectivity index is 1.45. The zero-order valence-electron chi connectivity index (χ0n) is 12.4. The molecule has 2 heterocycles. The Hall–Kier alpha value is -2.83. The van der Waals surface area contributed by atoms with Gasteiger partial charge < -0.3 is 20.1 Å². The molecule has 1 aromatic heterocycles. The van der Waals surface area contributed by atoms with Gasteiger partial charge in [0.05, 0.1) is 0 Å². The Morgan fingerprint density at radius 2 is 1.87 bits per heavy atom. The number of amides is 1. The molecule has 1 saturated carbocycles. The molecule has 1 aliphatic heterocycles. The Bertz CT molecular complexity index is 729. The van der Waals surface area contributed by atoms with E-state index in [1.807, 2.05) is 18.2 Å². The Labute approximate surface area is 133 Å². The Morgan fingerprint density at radius 3 is 2.61 bits per heavy atom. The van der Waals surface area contributed by atoms with Crippen molar-refractivity contribution in [1.29, 1.82) is 0 Å². The number of aromatic nitrogens is 2. The van der Waals surface area contributed by atoms with Gasteiger partial charge in [0.2, 0.25) is 0 Å². The van der Waals surface area contributed by atoms with Gasteiger partial charge in [-0.1, -0.05) is 0 Å². The molecule has 2 N–H and O–H groups in total. The molecule has 0 unspecified atom stereocenters. The number of hydrogen-bond donors (Lipinski definition) is 2. The number of fused-ring (bicyclic) bond motifs is 1. The van der Waals surface area contributed by atoms with Crippen LogP contribution in [0.3, 0.4) is 0 Å². The summed E-state index contributed by atoms with van der Waals surface area (Å²) in [6, 6.07) is 9.27. The lowest BCUT2D eigenvalue weighted by molar-refractivity contribution is 0.0945. The van der Waals surface area contributed by atoms with Gasteiger partial charge in [0.15, 0.2) is 23.0 Å². The number of carbonyl (C=O) groups excluding carboxylic acids is 1. The van der Waals surface area contributed by atoms with Gasteiger partial charge in [0.1, 0.15) is 13.2 Å². The van der Waals surface area contributed by atoms with Crippen LogP contribution in [0.25, 0.3) is 0 Å². The van der Waals surface area contributed by atoms with E-state index >= 15 is 0 Å². The van der Waals surface area contributed by atoms with E-state index in [1.54, 1.807) is 12.1 Å². The zero-order chi connectivity index (χ0) is 15.6. The van der Waals surface area contributed by atoms with E-state index in [-0.39, 0.29) is 5.91 Å². The molecule has 1 fully saturated rings. The molecule has 2 aromatic rings. The first-order valence-corrected chi connectivity index (χ1v) is 7.59. The number of ether oxygens (including phenoxy) is 2. The van der Waals surface area contributed by atoms with Crippen LogP contribution >= 0.6 is 0 Å². The maximum absolute atomic E-state index is 11.9. The molecule has 118 valence electrons. The second kappa shape index (κ2) is 5.75. The molecular formula is C16H16N4O3. The second-order valence-electron chi connectivity index (χ2n) is 5.53. The molecule has 7 nitrogen and oxygen atoms in total. The summed E-state index contributed by atoms with van der Waals surface area (Å²) in [5, 5.41) is 14.0. The summed E-state index contributed by atoms with van der Waals surface area (Å²) in [6.07, 6.45) is 2.09. The van der Waals surface area contributed by atoms with Gasteiger partial charge >= 0.3 is 0 Å². The highest BCUT2D eigenvalue weighted by Gasteiger charge is 2.24. The molecule has 1 aliphatic carbocycles. The van der Waals surface area contributed by atoms with Crippen LogP contribution in [0.2, 0.25) is 0 Å². The van der Waals surface area contributed by atoms with E-state index in [0.717, 1.165) is 24.3 Å². The zero-order valence-corrected chi connectivity index (χ0v) is 12.4. The number of benzene rings is 1. The highest BCUT2D eigenvalue weighted by atomic mass is 16.6. The van der Waals surface area contributed by atoms with Crippen molar-refractivity contribution < 1.29 is 14.3 Å². The van der Waals surface area contributed by atoms with E-state index < -0.39 is 0 Å². The van der Waals surface area contributed by atoms with Gasteiger partial charge in [0.25, 0.3) is 5.91 Å². The van der Waals surface area contributed by atoms with Crippen molar-refractivity contribution in [3.63, 3.8) is 0 Å². The normalized spacial score (nSPS) is 15.8. The topological polar surface area (TPSA) is 85.4 Å². The van der Waals surface area contributed by atoms with Gasteiger partial charge in [-0.15, -0.1) is 10.2 Å². The fourth-order valence-corrected chi connectivity index (χ4v) is 2.28. The first-order valence-electron chi connectivity index (χ1n) is 7.59. The molecule has 1 amide bonds. The molecule has 0 atom stereocenters. The molecule has 1 aromatic carbocycles. The Morgan fingerprint density at radius 1 is 1.04 bits per heavy atom. The van der Waals surface area contributed by atoms with Gasteiger partial charge in [0, 0.05) is 17.8 Å². The first kappa shape index (κ1) is 13.8. The maximum atomic E-state index is 11.9. The minimum atomic E-state index is -0.175. The average molecular weight is 312 g/mol. The van der Waals surface area contributed by atoms with Crippen molar-refractivity contribution in [1.82, 2.24) is 15.5 Å². The number of nitrogens with one attached hydrogen (secondary N) is 2. The number of rotatable bonds is 4. The van der Waals surface area contributed by atoms with E-state index in [9.17, 15) is 4.79 Å². The minimum Gasteiger partial charge on any atom is -0.486 e. The molecule has 4 rings (SSSR count). The maximum Gasteiger partial charge on any atom is 0.272 e. The molecule has 23 heavy (non-hydrogen) atoms. The molecule has 0 bridgehead atoms. The predicted molar refractivity (Wildman–Crippen MR) is 83.2 cm³/mol. The van der Waals surface area contributed by atoms with Crippen molar-refractivity contribution in [2.45, 2.75) is 18.9 Å². The summed E-state index contributed by atoms with van der Waals surface area (Å²) in [7, 11) is 0. The van der Waals surface area contributed by atoms with Crippen LogP contribution in [0, 0.1) is 0 Å². The van der Waals surface area contributed by atoms with Crippen molar-refractivity contribution in [2.75, 3.05) is 18.5 Å². The van der Waals surface area contributed by atoms with E-state index in [0.29, 0.717) is 36.5 Å². The number of nitrogens with zero attached hydrogens (tertiary/aromatic N) is 2. The van der Waals surface area contributed by atoms with Crippen LogP contribution in [-0.4, -0.2) is 35.4 Å². The smallest absolute Gasteiger partial charge is 0.272 e. The number of anilines is 2. The van der Waals surface area contributed by atoms with Crippen molar-refractivity contribution in [2.24, 2.45) is 0 Å². The second-order valence-corrected chi connectivity index (χ2v) is 5.53. The Kier molecular flexibility index (Phi) is 3.45. The SMILES string of the molecule is O=C(NC1CC1)c1ccc(Nc2ccc3c(c2)OCCO3)nn1. The van der Waals surface area contributed by atoms with E-state index in [1.165, 1.54) is 0 Å². The van der Waals surface area contributed by atoms with Crippen molar-refractivity contribution in [3.8, 4) is 11.5 Å². The van der Waals surface area contributed by atoms with Crippen LogP contribution in [-0.2, 0) is 0 Å². The van der Waals surface area contributed by atoms with Crippen LogP contribution < -0.4 is 20.1 Å². The molecular weight excluding hydrogens is 296 g/mol. The number of hydrogen-bond acceptors (Lipinski definition) is 6. The lowest BCUT2D eigenvalue weighted by Gasteiger charge is -2.19. The van der Waals surface area contributed by atoms with Gasteiger partial charge in [-0.2, -0.15) is 0 Å². The van der Waals surface area contributed by atoms with Gasteiger partial charge in [-0.3, -0.25) is 4.79 Å². The van der Waals surface area contributed by atoms with Gasteiger partial charge in [-0.05, 0) is 37.1 Å². The van der Waals surface area contributed by atoms with Crippen LogP contribution in [0.1, 0.15) is 23.3 Å². The quantitative estimate of drug-likeness (QED) is 0.896. The average Bonchev–Trinajstić information content (AvgIpc) is 3.39. The lowest BCUT2D eigenvalue weighted by Crippen LogP contribution is -2.26. The lowest BCUT2D eigenvalue weighted by atomic mass is 10.2. The third-order valence-electron chi connectivity index (χ3n) is 3.62. The predicted octanol–water partition coefficient (Wildman–Crippen LogP) is 1.88. The largest absolute Gasteiger partial charge is 0.486 e. The fourth-order valence-electron chi connectivity index (χ4n) is 2.28.